The van der Waals surface area contributed by atoms with E-state index in [0.717, 1.165) is 0 Å². The third-order valence-electron chi connectivity index (χ3n) is 3.07. The summed E-state index contributed by atoms with van der Waals surface area (Å²) in [6, 6.07) is 12.6. The van der Waals surface area contributed by atoms with Crippen LogP contribution in [0, 0.1) is 5.82 Å². The molecule has 0 saturated carbocycles. The average Bonchev–Trinajstić information content (AvgIpc) is 2.58. The van der Waals surface area contributed by atoms with Crippen LogP contribution < -0.4 is 16.2 Å². The Morgan fingerprint density at radius 3 is 2.38 bits per heavy atom. The smallest absolute Gasteiger partial charge is 0.257 e. The molecule has 0 atom stereocenters. The van der Waals surface area contributed by atoms with Gasteiger partial charge in [0.1, 0.15) is 5.82 Å². The summed E-state index contributed by atoms with van der Waals surface area (Å²) in [7, 11) is 0. The summed E-state index contributed by atoms with van der Waals surface area (Å²) in [4.78, 5) is 23.7. The lowest BCUT2D eigenvalue weighted by Gasteiger charge is -2.12. The molecule has 0 radical (unpaired) electrons. The Kier molecular flexibility index (Phi) is 6.08. The SMILES string of the molecule is C=C(NNC(=O)CNC(=O)c1ccccc1Br)c1ccc(F)cc1. The molecule has 2 aromatic rings. The number of halogens is 2. The number of carbonyl (C=O) groups excluding carboxylic acids is 2. The second-order valence-electron chi connectivity index (χ2n) is 4.82. The fourth-order valence-corrected chi connectivity index (χ4v) is 2.28. The predicted octanol–water partition coefficient (Wildman–Crippen LogP) is 2.61. The lowest BCUT2D eigenvalue weighted by Crippen LogP contribution is -2.42. The maximum Gasteiger partial charge on any atom is 0.257 e. The summed E-state index contributed by atoms with van der Waals surface area (Å²) in [5.74, 6) is -1.17. The number of hydrazine groups is 1. The Labute approximate surface area is 147 Å². The van der Waals surface area contributed by atoms with Gasteiger partial charge in [0.05, 0.1) is 17.8 Å². The Bertz CT molecular complexity index is 763. The molecule has 5 nitrogen and oxygen atoms in total. The Balaban J connectivity index is 1.79. The number of nitrogens with one attached hydrogen (secondary N) is 3. The molecule has 0 aromatic heterocycles. The summed E-state index contributed by atoms with van der Waals surface area (Å²) >= 11 is 3.27. The molecule has 0 unspecified atom stereocenters. The molecule has 24 heavy (non-hydrogen) atoms. The van der Waals surface area contributed by atoms with Crippen molar-refractivity contribution >= 4 is 33.4 Å². The van der Waals surface area contributed by atoms with Crippen LogP contribution in [0.5, 0.6) is 0 Å². The molecule has 0 fully saturated rings. The zero-order chi connectivity index (χ0) is 17.5. The van der Waals surface area contributed by atoms with Gasteiger partial charge in [0.25, 0.3) is 11.8 Å². The molecular formula is C17H15BrFN3O2. The quantitative estimate of drug-likeness (QED) is 0.662. The van der Waals surface area contributed by atoms with Gasteiger partial charge in [0.15, 0.2) is 0 Å². The van der Waals surface area contributed by atoms with Gasteiger partial charge < -0.3 is 5.32 Å². The number of benzene rings is 2. The van der Waals surface area contributed by atoms with Crippen molar-refractivity contribution in [2.45, 2.75) is 0 Å². The van der Waals surface area contributed by atoms with Gasteiger partial charge in [0.2, 0.25) is 0 Å². The molecule has 2 amide bonds. The van der Waals surface area contributed by atoms with Crippen LogP contribution in [-0.4, -0.2) is 18.4 Å². The maximum absolute atomic E-state index is 12.8. The molecule has 0 aliphatic heterocycles. The molecule has 0 spiro atoms. The number of carbonyl (C=O) groups is 2. The lowest BCUT2D eigenvalue weighted by molar-refractivity contribution is -0.120. The normalized spacial score (nSPS) is 9.92. The molecule has 0 aliphatic rings. The van der Waals surface area contributed by atoms with Gasteiger partial charge in [-0.2, -0.15) is 0 Å². The van der Waals surface area contributed by atoms with Crippen molar-refractivity contribution in [3.8, 4) is 0 Å². The van der Waals surface area contributed by atoms with Crippen molar-refractivity contribution in [2.24, 2.45) is 0 Å². The van der Waals surface area contributed by atoms with E-state index in [1.54, 1.807) is 24.3 Å². The fourth-order valence-electron chi connectivity index (χ4n) is 1.81. The van der Waals surface area contributed by atoms with Crippen LogP contribution in [0.3, 0.4) is 0 Å². The van der Waals surface area contributed by atoms with Crippen LogP contribution in [0.1, 0.15) is 15.9 Å². The maximum atomic E-state index is 12.8. The topological polar surface area (TPSA) is 70.2 Å². The number of hydrogen-bond acceptors (Lipinski definition) is 3. The minimum absolute atomic E-state index is 0.204. The third-order valence-corrected chi connectivity index (χ3v) is 3.76. The van der Waals surface area contributed by atoms with Crippen molar-refractivity contribution in [2.75, 3.05) is 6.54 Å². The first-order valence-corrected chi connectivity index (χ1v) is 7.79. The monoisotopic (exact) mass is 391 g/mol. The van der Waals surface area contributed by atoms with Crippen molar-refractivity contribution < 1.29 is 14.0 Å². The summed E-state index contributed by atoms with van der Waals surface area (Å²) < 4.78 is 13.5. The van der Waals surface area contributed by atoms with Gasteiger partial charge >= 0.3 is 0 Å². The minimum atomic E-state index is -0.446. The number of hydrogen-bond donors (Lipinski definition) is 3. The second kappa shape index (κ2) is 8.26. The van der Waals surface area contributed by atoms with E-state index >= 15 is 0 Å². The molecule has 7 heteroatoms. The summed E-state index contributed by atoms with van der Waals surface area (Å²) in [5, 5.41) is 2.51. The van der Waals surface area contributed by atoms with Crippen molar-refractivity contribution in [1.29, 1.82) is 0 Å². The highest BCUT2D eigenvalue weighted by atomic mass is 79.9. The largest absolute Gasteiger partial charge is 0.343 e. The molecular weight excluding hydrogens is 377 g/mol. The van der Waals surface area contributed by atoms with E-state index in [-0.39, 0.29) is 18.3 Å². The molecule has 0 heterocycles. The Morgan fingerprint density at radius 2 is 1.71 bits per heavy atom. The van der Waals surface area contributed by atoms with E-state index in [9.17, 15) is 14.0 Å². The van der Waals surface area contributed by atoms with E-state index in [1.807, 2.05) is 0 Å². The third kappa shape index (κ3) is 4.92. The van der Waals surface area contributed by atoms with Gasteiger partial charge in [-0.3, -0.25) is 20.4 Å². The van der Waals surface area contributed by atoms with Gasteiger partial charge in [-0.05, 0) is 57.9 Å². The van der Waals surface area contributed by atoms with Crippen LogP contribution in [-0.2, 0) is 4.79 Å². The van der Waals surface area contributed by atoms with Crippen molar-refractivity contribution in [1.82, 2.24) is 16.2 Å². The first-order valence-electron chi connectivity index (χ1n) is 7.00. The van der Waals surface area contributed by atoms with Gasteiger partial charge in [0, 0.05) is 4.47 Å². The molecule has 3 N–H and O–H groups in total. The highest BCUT2D eigenvalue weighted by Gasteiger charge is 2.10. The number of amides is 2. The standard InChI is InChI=1S/C17H15BrFN3O2/c1-11(12-6-8-13(19)9-7-12)21-22-16(23)10-20-17(24)14-4-2-3-5-15(14)18/h2-9,21H,1,10H2,(H,20,24)(H,22,23). The first-order chi connectivity index (χ1) is 11.5. The van der Waals surface area contributed by atoms with Gasteiger partial charge in [-0.15, -0.1) is 0 Å². The van der Waals surface area contributed by atoms with E-state index in [0.29, 0.717) is 21.3 Å². The predicted molar refractivity (Wildman–Crippen MR) is 93.2 cm³/mol. The zero-order valence-corrected chi connectivity index (χ0v) is 14.2. The van der Waals surface area contributed by atoms with Crippen LogP contribution in [0.25, 0.3) is 5.70 Å². The molecule has 2 aromatic carbocycles. The Morgan fingerprint density at radius 1 is 1.04 bits per heavy atom. The van der Waals surface area contributed by atoms with Crippen LogP contribution in [0.4, 0.5) is 4.39 Å². The second-order valence-corrected chi connectivity index (χ2v) is 5.68. The molecule has 2 rings (SSSR count). The average molecular weight is 392 g/mol. The van der Waals surface area contributed by atoms with E-state index in [1.165, 1.54) is 24.3 Å². The highest BCUT2D eigenvalue weighted by molar-refractivity contribution is 9.10. The van der Waals surface area contributed by atoms with Crippen molar-refractivity contribution in [3.63, 3.8) is 0 Å². The lowest BCUT2D eigenvalue weighted by atomic mass is 10.2. The Hall–Kier alpha value is -2.67. The summed E-state index contributed by atoms with van der Waals surface area (Å²) in [5.41, 5.74) is 6.50. The highest BCUT2D eigenvalue weighted by Crippen LogP contribution is 2.15. The van der Waals surface area contributed by atoms with Gasteiger partial charge in [-0.1, -0.05) is 18.7 Å². The van der Waals surface area contributed by atoms with E-state index in [4.69, 9.17) is 0 Å². The van der Waals surface area contributed by atoms with Crippen LogP contribution in [0.2, 0.25) is 0 Å². The van der Waals surface area contributed by atoms with Crippen LogP contribution >= 0.6 is 15.9 Å². The fraction of sp³-hybridized carbons (Fsp3) is 0.0588. The summed E-state index contributed by atoms with van der Waals surface area (Å²) in [6.45, 7) is 3.53. The molecule has 0 bridgehead atoms. The zero-order valence-electron chi connectivity index (χ0n) is 12.6. The first kappa shape index (κ1) is 17.7. The summed E-state index contributed by atoms with van der Waals surface area (Å²) in [6.07, 6.45) is 0. The molecule has 0 saturated heterocycles. The van der Waals surface area contributed by atoms with Crippen molar-refractivity contribution in [3.05, 3.63) is 76.5 Å². The molecule has 0 aliphatic carbocycles. The van der Waals surface area contributed by atoms with E-state index in [2.05, 4.69) is 38.7 Å². The number of rotatable bonds is 6. The van der Waals surface area contributed by atoms with E-state index < -0.39 is 5.91 Å². The van der Waals surface area contributed by atoms with Crippen LogP contribution in [0.15, 0.2) is 59.6 Å². The minimum Gasteiger partial charge on any atom is -0.343 e. The molecule has 124 valence electrons. The van der Waals surface area contributed by atoms with Gasteiger partial charge in [-0.25, -0.2) is 4.39 Å².